The fourth-order valence-corrected chi connectivity index (χ4v) is 3.68. The summed E-state index contributed by atoms with van der Waals surface area (Å²) in [5, 5.41) is 4.09. The maximum atomic E-state index is 12.5. The van der Waals surface area contributed by atoms with Gasteiger partial charge in [0.15, 0.2) is 0 Å². The van der Waals surface area contributed by atoms with Crippen LogP contribution in [0.4, 0.5) is 0 Å². The summed E-state index contributed by atoms with van der Waals surface area (Å²) in [5.41, 5.74) is 0.917. The summed E-state index contributed by atoms with van der Waals surface area (Å²) in [5.74, 6) is 0.248. The van der Waals surface area contributed by atoms with Crippen molar-refractivity contribution in [2.75, 3.05) is 39.3 Å². The molecule has 3 rings (SSSR count). The largest absolute Gasteiger partial charge is 0.339 e. The molecule has 0 radical (unpaired) electrons. The Labute approximate surface area is 155 Å². The molecule has 0 spiro atoms. The fourth-order valence-electron chi connectivity index (χ4n) is 3.68. The minimum Gasteiger partial charge on any atom is -0.339 e. The molecule has 7 heteroatoms. The predicted molar refractivity (Wildman–Crippen MR) is 100 cm³/mol. The highest BCUT2D eigenvalue weighted by Gasteiger charge is 2.26. The van der Waals surface area contributed by atoms with Crippen molar-refractivity contribution in [2.45, 2.75) is 32.2 Å². The van der Waals surface area contributed by atoms with Crippen LogP contribution in [-0.4, -0.2) is 81.6 Å². The monoisotopic (exact) mass is 359 g/mol. The summed E-state index contributed by atoms with van der Waals surface area (Å²) in [7, 11) is 1.85. The number of rotatable bonds is 4. The van der Waals surface area contributed by atoms with E-state index >= 15 is 0 Å². The third-order valence-electron chi connectivity index (χ3n) is 5.31. The van der Waals surface area contributed by atoms with Crippen molar-refractivity contribution < 1.29 is 9.59 Å². The van der Waals surface area contributed by atoms with Gasteiger partial charge in [-0.1, -0.05) is 0 Å². The molecule has 2 saturated heterocycles. The zero-order valence-electron chi connectivity index (χ0n) is 15.8. The highest BCUT2D eigenvalue weighted by Crippen LogP contribution is 2.17. The molecule has 3 heterocycles. The highest BCUT2D eigenvalue weighted by atomic mass is 16.2. The van der Waals surface area contributed by atoms with Crippen LogP contribution in [0.5, 0.6) is 0 Å². The molecule has 1 aromatic heterocycles. The average molecular weight is 359 g/mol. The maximum absolute atomic E-state index is 12.5. The first-order valence-electron chi connectivity index (χ1n) is 9.50. The molecule has 1 atom stereocenters. The van der Waals surface area contributed by atoms with Gasteiger partial charge in [0, 0.05) is 63.6 Å². The van der Waals surface area contributed by atoms with Crippen molar-refractivity contribution in [3.63, 3.8) is 0 Å². The number of nitrogens with zero attached hydrogens (tertiary/aromatic N) is 5. The topological polar surface area (TPSA) is 61.7 Å². The number of hydrogen-bond donors (Lipinski definition) is 0. The van der Waals surface area contributed by atoms with Crippen molar-refractivity contribution >= 4 is 17.9 Å². The van der Waals surface area contributed by atoms with Gasteiger partial charge in [-0.25, -0.2) is 0 Å². The van der Waals surface area contributed by atoms with E-state index in [-0.39, 0.29) is 11.8 Å². The summed E-state index contributed by atoms with van der Waals surface area (Å²) in [6.45, 7) is 6.33. The van der Waals surface area contributed by atoms with Gasteiger partial charge in [0.2, 0.25) is 11.8 Å². The van der Waals surface area contributed by atoms with Crippen LogP contribution in [0.15, 0.2) is 18.5 Å². The van der Waals surface area contributed by atoms with Gasteiger partial charge in [0.25, 0.3) is 0 Å². The maximum Gasteiger partial charge on any atom is 0.246 e. The highest BCUT2D eigenvalue weighted by molar-refractivity contribution is 5.91. The molecule has 7 nitrogen and oxygen atoms in total. The number of piperazine rings is 1. The van der Waals surface area contributed by atoms with E-state index in [0.717, 1.165) is 38.0 Å². The number of aromatic nitrogens is 2. The standard InChI is InChI=1S/C19H29N5O2/c1-16-5-3-4-8-24(16)19(26)15-22-9-11-23(12-10-22)18(25)7-6-17-13-20-21(2)14-17/h6-7,13-14,16H,3-5,8-12,15H2,1-2H3/b7-6+/t16-/m1/s1. The van der Waals surface area contributed by atoms with Gasteiger partial charge in [-0.05, 0) is 32.3 Å². The van der Waals surface area contributed by atoms with E-state index < -0.39 is 0 Å². The van der Waals surface area contributed by atoms with Gasteiger partial charge < -0.3 is 9.80 Å². The van der Waals surface area contributed by atoms with Crippen molar-refractivity contribution in [2.24, 2.45) is 7.05 Å². The summed E-state index contributed by atoms with van der Waals surface area (Å²) >= 11 is 0. The number of piperidine rings is 1. The number of carbonyl (C=O) groups excluding carboxylic acids is 2. The van der Waals surface area contributed by atoms with E-state index in [1.807, 2.05) is 23.0 Å². The van der Waals surface area contributed by atoms with Crippen molar-refractivity contribution in [1.82, 2.24) is 24.5 Å². The molecule has 2 fully saturated rings. The molecule has 1 aromatic rings. The van der Waals surface area contributed by atoms with Gasteiger partial charge in [0.05, 0.1) is 12.7 Å². The first-order chi connectivity index (χ1) is 12.5. The Hall–Kier alpha value is -2.15. The molecular formula is C19H29N5O2. The number of aryl methyl sites for hydroxylation is 1. The third kappa shape index (κ3) is 4.72. The Balaban J connectivity index is 1.44. The number of amides is 2. The molecular weight excluding hydrogens is 330 g/mol. The molecule has 0 N–H and O–H groups in total. The SMILES string of the molecule is C[C@@H]1CCCCN1C(=O)CN1CCN(C(=O)/C=C/c2cnn(C)c2)CC1. The first kappa shape index (κ1) is 18.6. The van der Waals surface area contributed by atoms with Crippen LogP contribution >= 0.6 is 0 Å². The van der Waals surface area contributed by atoms with E-state index in [0.29, 0.717) is 25.7 Å². The Morgan fingerprint density at radius 2 is 1.96 bits per heavy atom. The smallest absolute Gasteiger partial charge is 0.246 e. The Morgan fingerprint density at radius 1 is 1.19 bits per heavy atom. The van der Waals surface area contributed by atoms with Crippen LogP contribution in [0.25, 0.3) is 6.08 Å². The van der Waals surface area contributed by atoms with Gasteiger partial charge in [-0.2, -0.15) is 5.10 Å². The average Bonchev–Trinajstić information content (AvgIpc) is 3.06. The normalized spacial score (nSPS) is 22.2. The van der Waals surface area contributed by atoms with Crippen LogP contribution in [0.1, 0.15) is 31.7 Å². The van der Waals surface area contributed by atoms with Crippen LogP contribution in [0.3, 0.4) is 0 Å². The Morgan fingerprint density at radius 3 is 2.62 bits per heavy atom. The van der Waals surface area contributed by atoms with E-state index in [2.05, 4.69) is 16.9 Å². The van der Waals surface area contributed by atoms with E-state index in [9.17, 15) is 9.59 Å². The first-order valence-corrected chi connectivity index (χ1v) is 9.50. The molecule has 0 saturated carbocycles. The van der Waals surface area contributed by atoms with Crippen LogP contribution in [-0.2, 0) is 16.6 Å². The number of carbonyl (C=O) groups is 2. The van der Waals surface area contributed by atoms with Crippen LogP contribution in [0, 0.1) is 0 Å². The molecule has 0 unspecified atom stereocenters. The zero-order valence-corrected chi connectivity index (χ0v) is 15.8. The second-order valence-corrected chi connectivity index (χ2v) is 7.31. The molecule has 0 aliphatic carbocycles. The summed E-state index contributed by atoms with van der Waals surface area (Å²) in [6.07, 6.45) is 10.4. The molecule has 2 aliphatic heterocycles. The van der Waals surface area contributed by atoms with Crippen molar-refractivity contribution in [3.8, 4) is 0 Å². The van der Waals surface area contributed by atoms with Crippen molar-refractivity contribution in [1.29, 1.82) is 0 Å². The fraction of sp³-hybridized carbons (Fsp3) is 0.632. The van der Waals surface area contributed by atoms with E-state index in [1.54, 1.807) is 23.0 Å². The minimum atomic E-state index is 0.0180. The Bertz CT molecular complexity index is 661. The molecule has 0 aromatic carbocycles. The number of likely N-dealkylation sites (tertiary alicyclic amines) is 1. The molecule has 2 aliphatic rings. The van der Waals surface area contributed by atoms with Gasteiger partial charge in [-0.3, -0.25) is 19.2 Å². The van der Waals surface area contributed by atoms with Gasteiger partial charge in [0.1, 0.15) is 0 Å². The van der Waals surface area contributed by atoms with Crippen molar-refractivity contribution in [3.05, 3.63) is 24.0 Å². The Kier molecular flexibility index (Phi) is 6.08. The predicted octanol–water partition coefficient (Wildman–Crippen LogP) is 0.979. The number of hydrogen-bond acceptors (Lipinski definition) is 4. The summed E-state index contributed by atoms with van der Waals surface area (Å²) in [6, 6.07) is 0.358. The second kappa shape index (κ2) is 8.49. The summed E-state index contributed by atoms with van der Waals surface area (Å²) < 4.78 is 1.71. The lowest BCUT2D eigenvalue weighted by atomic mass is 10.0. The zero-order chi connectivity index (χ0) is 18.5. The van der Waals surface area contributed by atoms with Crippen LogP contribution in [0.2, 0.25) is 0 Å². The lowest BCUT2D eigenvalue weighted by Gasteiger charge is -2.37. The van der Waals surface area contributed by atoms with Gasteiger partial charge >= 0.3 is 0 Å². The molecule has 2 amide bonds. The van der Waals surface area contributed by atoms with E-state index in [1.165, 1.54) is 6.42 Å². The van der Waals surface area contributed by atoms with Gasteiger partial charge in [-0.15, -0.1) is 0 Å². The second-order valence-electron chi connectivity index (χ2n) is 7.31. The lowest BCUT2D eigenvalue weighted by Crippen LogP contribution is -2.52. The molecule has 0 bridgehead atoms. The molecule has 26 heavy (non-hydrogen) atoms. The quantitative estimate of drug-likeness (QED) is 0.752. The minimum absolute atomic E-state index is 0.0180. The lowest BCUT2D eigenvalue weighted by molar-refractivity contribution is -0.136. The van der Waals surface area contributed by atoms with Crippen LogP contribution < -0.4 is 0 Å². The summed E-state index contributed by atoms with van der Waals surface area (Å²) in [4.78, 5) is 30.9. The molecule has 142 valence electrons. The van der Waals surface area contributed by atoms with E-state index in [4.69, 9.17) is 0 Å². The third-order valence-corrected chi connectivity index (χ3v) is 5.31.